The minimum atomic E-state index is -3.99. The van der Waals surface area contributed by atoms with Crippen LogP contribution in [-0.2, 0) is 22.9 Å². The minimum absolute atomic E-state index is 0.0233. The number of hydrogen-bond donors (Lipinski definition) is 4. The van der Waals surface area contributed by atoms with Crippen LogP contribution in [0.2, 0.25) is 0 Å². The molecule has 4 aromatic rings. The smallest absolute Gasteiger partial charge is 0.323 e. The van der Waals surface area contributed by atoms with Crippen LogP contribution in [0.3, 0.4) is 0 Å². The summed E-state index contributed by atoms with van der Waals surface area (Å²) in [4.78, 5) is 29.6. The van der Waals surface area contributed by atoms with Crippen molar-refractivity contribution in [2.24, 2.45) is 0 Å². The van der Waals surface area contributed by atoms with Crippen molar-refractivity contribution in [1.82, 2.24) is 15.3 Å². The summed E-state index contributed by atoms with van der Waals surface area (Å²) in [7, 11) is -3.99. The number of anilines is 1. The van der Waals surface area contributed by atoms with Crippen molar-refractivity contribution in [3.8, 4) is 0 Å². The second kappa shape index (κ2) is 8.25. The molecule has 168 valence electrons. The van der Waals surface area contributed by atoms with Gasteiger partial charge in [0.2, 0.25) is 0 Å². The molecule has 0 spiro atoms. The van der Waals surface area contributed by atoms with Crippen LogP contribution in [0.15, 0.2) is 76.4 Å². The monoisotopic (exact) mass is 462 g/mol. The van der Waals surface area contributed by atoms with Crippen molar-refractivity contribution in [3.63, 3.8) is 0 Å². The number of hydrogen-bond acceptors (Lipinski definition) is 4. The van der Waals surface area contributed by atoms with Crippen molar-refractivity contribution in [1.29, 1.82) is 0 Å². The number of benzene rings is 3. The summed E-state index contributed by atoms with van der Waals surface area (Å²) in [6.45, 7) is 0. The maximum Gasteiger partial charge on any atom is 0.323 e. The fourth-order valence-corrected chi connectivity index (χ4v) is 5.34. The van der Waals surface area contributed by atoms with Gasteiger partial charge in [-0.15, -0.1) is 0 Å². The van der Waals surface area contributed by atoms with Crippen molar-refractivity contribution in [2.45, 2.75) is 30.2 Å². The first-order valence-electron chi connectivity index (χ1n) is 10.6. The zero-order chi connectivity index (χ0) is 23.0. The highest BCUT2D eigenvalue weighted by Gasteiger charge is 2.23. The van der Waals surface area contributed by atoms with Crippen molar-refractivity contribution in [2.75, 3.05) is 4.72 Å². The van der Waals surface area contributed by atoms with Crippen molar-refractivity contribution in [3.05, 3.63) is 93.9 Å². The molecule has 1 atom stereocenters. The van der Waals surface area contributed by atoms with E-state index in [1.165, 1.54) is 29.3 Å². The summed E-state index contributed by atoms with van der Waals surface area (Å²) in [5, 5.41) is 3.05. The van der Waals surface area contributed by atoms with Crippen molar-refractivity contribution < 1.29 is 13.2 Å². The van der Waals surface area contributed by atoms with Gasteiger partial charge in [0, 0.05) is 6.04 Å². The normalized spacial score (nSPS) is 15.7. The van der Waals surface area contributed by atoms with Gasteiger partial charge in [-0.25, -0.2) is 13.2 Å². The molecular weight excluding hydrogens is 440 g/mol. The molecule has 0 aliphatic heterocycles. The molecule has 33 heavy (non-hydrogen) atoms. The van der Waals surface area contributed by atoms with E-state index in [9.17, 15) is 18.0 Å². The standard InChI is InChI=1S/C24H22N4O4S/c29-23(25-17-10-9-15-5-1-2-6-16(15)13-17)19-7-3-4-8-20(19)28-33(31,32)18-11-12-21-22(14-18)27-24(30)26-21/h1-8,11-12,14,17,28H,9-10,13H2,(H,25,29)(H2,26,27,30). The van der Waals surface area contributed by atoms with Crippen LogP contribution < -0.4 is 15.7 Å². The molecule has 4 N–H and O–H groups in total. The molecule has 3 aromatic carbocycles. The zero-order valence-corrected chi connectivity index (χ0v) is 18.4. The van der Waals surface area contributed by atoms with Gasteiger partial charge in [0.25, 0.3) is 15.9 Å². The van der Waals surface area contributed by atoms with E-state index in [1.54, 1.807) is 24.3 Å². The maximum absolute atomic E-state index is 13.1. The molecule has 1 aliphatic rings. The summed E-state index contributed by atoms with van der Waals surface area (Å²) in [6, 6.07) is 19.0. The summed E-state index contributed by atoms with van der Waals surface area (Å²) < 4.78 is 28.5. The van der Waals surface area contributed by atoms with Gasteiger partial charge in [0.15, 0.2) is 0 Å². The number of para-hydroxylation sites is 1. The molecule has 1 aliphatic carbocycles. The molecule has 1 heterocycles. The molecule has 0 fully saturated rings. The number of aromatic amines is 2. The Morgan fingerprint density at radius 2 is 1.64 bits per heavy atom. The molecular formula is C24H22N4O4S. The Morgan fingerprint density at radius 3 is 2.48 bits per heavy atom. The second-order valence-corrected chi connectivity index (χ2v) is 9.80. The third kappa shape index (κ3) is 4.27. The fraction of sp³-hybridized carbons (Fsp3) is 0.167. The lowest BCUT2D eigenvalue weighted by Gasteiger charge is -2.26. The number of aromatic nitrogens is 2. The highest BCUT2D eigenvalue weighted by atomic mass is 32.2. The second-order valence-electron chi connectivity index (χ2n) is 8.12. The first-order chi connectivity index (χ1) is 15.9. The Labute approximate surface area is 190 Å². The van der Waals surface area contributed by atoms with E-state index in [4.69, 9.17) is 0 Å². The van der Waals surface area contributed by atoms with Gasteiger partial charge in [0.1, 0.15) is 0 Å². The number of imidazole rings is 1. The Bertz CT molecular complexity index is 1520. The predicted molar refractivity (Wildman–Crippen MR) is 126 cm³/mol. The summed E-state index contributed by atoms with van der Waals surface area (Å²) >= 11 is 0. The van der Waals surface area contributed by atoms with Gasteiger partial charge in [-0.2, -0.15) is 0 Å². The number of nitrogens with one attached hydrogen (secondary N) is 4. The molecule has 0 radical (unpaired) electrons. The lowest BCUT2D eigenvalue weighted by atomic mass is 9.88. The Morgan fingerprint density at radius 1 is 0.909 bits per heavy atom. The van der Waals surface area contributed by atoms with Gasteiger partial charge in [-0.1, -0.05) is 36.4 Å². The number of carbonyl (C=O) groups excluding carboxylic acids is 1. The van der Waals surface area contributed by atoms with Gasteiger partial charge in [-0.3, -0.25) is 9.52 Å². The minimum Gasteiger partial charge on any atom is -0.349 e. The highest BCUT2D eigenvalue weighted by Crippen LogP contribution is 2.24. The van der Waals surface area contributed by atoms with Crippen LogP contribution in [0.25, 0.3) is 11.0 Å². The van der Waals surface area contributed by atoms with Gasteiger partial charge >= 0.3 is 5.69 Å². The molecule has 0 saturated heterocycles. The average molecular weight is 463 g/mol. The first kappa shape index (κ1) is 21.0. The third-order valence-corrected chi connectivity index (χ3v) is 7.26. The number of rotatable bonds is 5. The third-order valence-electron chi connectivity index (χ3n) is 5.90. The summed E-state index contributed by atoms with van der Waals surface area (Å²) in [5.41, 5.74) is 3.43. The van der Waals surface area contributed by atoms with Crippen molar-refractivity contribution >= 4 is 32.7 Å². The van der Waals surface area contributed by atoms with E-state index < -0.39 is 15.7 Å². The molecule has 9 heteroatoms. The lowest BCUT2D eigenvalue weighted by Crippen LogP contribution is -2.39. The topological polar surface area (TPSA) is 124 Å². The summed E-state index contributed by atoms with van der Waals surface area (Å²) in [5.74, 6) is -0.330. The molecule has 1 amide bonds. The maximum atomic E-state index is 13.1. The van der Waals surface area contributed by atoms with Crippen LogP contribution >= 0.6 is 0 Å². The van der Waals surface area contributed by atoms with Crippen LogP contribution in [0.5, 0.6) is 0 Å². The van der Waals surface area contributed by atoms with E-state index in [0.29, 0.717) is 11.0 Å². The number of H-pyrrole nitrogens is 2. The largest absolute Gasteiger partial charge is 0.349 e. The molecule has 0 bridgehead atoms. The molecule has 5 rings (SSSR count). The van der Waals surface area contributed by atoms with E-state index in [0.717, 1.165) is 19.3 Å². The molecule has 8 nitrogen and oxygen atoms in total. The zero-order valence-electron chi connectivity index (χ0n) is 17.6. The van der Waals surface area contributed by atoms with Gasteiger partial charge in [0.05, 0.1) is 27.2 Å². The molecule has 1 unspecified atom stereocenters. The number of sulfonamides is 1. The highest BCUT2D eigenvalue weighted by molar-refractivity contribution is 7.92. The predicted octanol–water partition coefficient (Wildman–Crippen LogP) is 2.94. The first-order valence-corrected chi connectivity index (χ1v) is 12.1. The quantitative estimate of drug-likeness (QED) is 0.364. The SMILES string of the molecule is O=C(NC1CCc2ccccc2C1)c1ccccc1NS(=O)(=O)c1ccc2[nH]c(=O)[nH]c2c1. The number of fused-ring (bicyclic) bond motifs is 2. The molecule has 0 saturated carbocycles. The molecule has 1 aromatic heterocycles. The fourth-order valence-electron chi connectivity index (χ4n) is 4.24. The van der Waals surface area contributed by atoms with E-state index >= 15 is 0 Å². The Balaban J connectivity index is 1.37. The van der Waals surface area contributed by atoms with Crippen LogP contribution in [-0.4, -0.2) is 30.3 Å². The average Bonchev–Trinajstić information content (AvgIpc) is 3.18. The van der Waals surface area contributed by atoms with Crippen LogP contribution in [0.1, 0.15) is 27.9 Å². The number of amides is 1. The van der Waals surface area contributed by atoms with Crippen LogP contribution in [0.4, 0.5) is 5.69 Å². The summed E-state index contributed by atoms with van der Waals surface area (Å²) in [6.07, 6.45) is 2.45. The van der Waals surface area contributed by atoms with E-state index in [1.807, 2.05) is 12.1 Å². The lowest BCUT2D eigenvalue weighted by molar-refractivity contribution is 0.0934. The van der Waals surface area contributed by atoms with Gasteiger partial charge in [-0.05, 0) is 60.7 Å². The van der Waals surface area contributed by atoms with E-state index in [-0.39, 0.29) is 28.1 Å². The Hall–Kier alpha value is -3.85. The number of aryl methyl sites for hydroxylation is 1. The van der Waals surface area contributed by atoms with Gasteiger partial charge < -0.3 is 15.3 Å². The Kier molecular flexibility index (Phi) is 5.26. The van der Waals surface area contributed by atoms with Crippen LogP contribution in [0, 0.1) is 0 Å². The van der Waals surface area contributed by atoms with E-state index in [2.05, 4.69) is 32.1 Å². The number of carbonyl (C=O) groups is 1.